The van der Waals surface area contributed by atoms with Crippen LogP contribution in [0.2, 0.25) is 5.02 Å². The molecule has 0 aliphatic heterocycles. The summed E-state index contributed by atoms with van der Waals surface area (Å²) in [5.74, 6) is -0.536. The van der Waals surface area contributed by atoms with Gasteiger partial charge in [-0.2, -0.15) is 0 Å². The van der Waals surface area contributed by atoms with Crippen molar-refractivity contribution in [2.24, 2.45) is 0 Å². The molecule has 8 heteroatoms. The first-order valence-electron chi connectivity index (χ1n) is 8.94. The number of thiocarbonyl (C=S) groups is 1. The second-order valence-corrected chi connectivity index (χ2v) is 7.42. The summed E-state index contributed by atoms with van der Waals surface area (Å²) >= 11 is 11.1. The van der Waals surface area contributed by atoms with Crippen molar-refractivity contribution in [2.45, 2.75) is 6.92 Å². The van der Waals surface area contributed by atoms with Crippen LogP contribution in [0.5, 0.6) is 0 Å². The topological polar surface area (TPSA) is 67.2 Å². The number of aryl methyl sites for hydroxylation is 1. The van der Waals surface area contributed by atoms with Crippen molar-refractivity contribution in [1.29, 1.82) is 0 Å². The molecular weight excluding hydrogens is 425 g/mol. The molecule has 3 aromatic carbocycles. The average molecular weight is 440 g/mol. The van der Waals surface area contributed by atoms with Gasteiger partial charge in [0.2, 0.25) is 5.89 Å². The number of anilines is 1. The van der Waals surface area contributed by atoms with Crippen LogP contribution in [0.1, 0.15) is 15.9 Å². The first-order chi connectivity index (χ1) is 14.4. The number of nitrogens with zero attached hydrogens (tertiary/aromatic N) is 1. The fourth-order valence-corrected chi connectivity index (χ4v) is 3.32. The second-order valence-electron chi connectivity index (χ2n) is 6.60. The van der Waals surface area contributed by atoms with Gasteiger partial charge in [0.1, 0.15) is 11.3 Å². The van der Waals surface area contributed by atoms with E-state index in [4.69, 9.17) is 28.2 Å². The van der Waals surface area contributed by atoms with E-state index in [-0.39, 0.29) is 15.7 Å². The lowest BCUT2D eigenvalue weighted by Crippen LogP contribution is -2.34. The molecule has 0 saturated heterocycles. The third-order valence-corrected chi connectivity index (χ3v) is 4.85. The highest BCUT2D eigenvalue weighted by atomic mass is 35.5. The monoisotopic (exact) mass is 439 g/mol. The Bertz CT molecular complexity index is 1270. The van der Waals surface area contributed by atoms with Gasteiger partial charge in [0.15, 0.2) is 10.7 Å². The van der Waals surface area contributed by atoms with Gasteiger partial charge in [0, 0.05) is 11.3 Å². The third-order valence-electron chi connectivity index (χ3n) is 4.34. The molecule has 2 N–H and O–H groups in total. The third kappa shape index (κ3) is 4.32. The minimum atomic E-state index is -0.532. The first kappa shape index (κ1) is 20.0. The van der Waals surface area contributed by atoms with Gasteiger partial charge in [-0.25, -0.2) is 9.37 Å². The Morgan fingerprint density at radius 3 is 2.60 bits per heavy atom. The van der Waals surface area contributed by atoms with Crippen molar-refractivity contribution in [3.63, 3.8) is 0 Å². The van der Waals surface area contributed by atoms with E-state index >= 15 is 0 Å². The molecule has 0 bridgehead atoms. The summed E-state index contributed by atoms with van der Waals surface area (Å²) in [6.45, 7) is 1.99. The summed E-state index contributed by atoms with van der Waals surface area (Å²) in [6.07, 6.45) is 0. The van der Waals surface area contributed by atoms with E-state index in [2.05, 4.69) is 15.6 Å². The fourth-order valence-electron chi connectivity index (χ4n) is 2.86. The molecule has 4 rings (SSSR count). The highest BCUT2D eigenvalue weighted by molar-refractivity contribution is 7.80. The zero-order valence-corrected chi connectivity index (χ0v) is 17.3. The van der Waals surface area contributed by atoms with Crippen molar-refractivity contribution >= 4 is 51.6 Å². The summed E-state index contributed by atoms with van der Waals surface area (Å²) < 4.78 is 19.0. The average Bonchev–Trinajstić information content (AvgIpc) is 3.11. The quantitative estimate of drug-likeness (QED) is 0.399. The summed E-state index contributed by atoms with van der Waals surface area (Å²) in [6, 6.07) is 16.6. The predicted molar refractivity (Wildman–Crippen MR) is 119 cm³/mol. The van der Waals surface area contributed by atoms with Crippen molar-refractivity contribution in [1.82, 2.24) is 10.3 Å². The number of benzene rings is 3. The number of aromatic nitrogens is 1. The Labute approximate surface area is 181 Å². The molecule has 0 atom stereocenters. The molecule has 0 radical (unpaired) electrons. The van der Waals surface area contributed by atoms with Crippen LogP contribution >= 0.6 is 23.8 Å². The van der Waals surface area contributed by atoms with Crippen LogP contribution in [-0.4, -0.2) is 16.0 Å². The zero-order valence-electron chi connectivity index (χ0n) is 15.7. The number of hydrogen-bond donors (Lipinski definition) is 2. The SMILES string of the molecule is Cc1ccc2nc(-c3ccc(NC(=S)NC(=O)c4ccc(F)cc4Cl)cc3)oc2c1. The maximum absolute atomic E-state index is 13.1. The van der Waals surface area contributed by atoms with Crippen molar-refractivity contribution in [3.05, 3.63) is 82.6 Å². The molecule has 4 aromatic rings. The number of fused-ring (bicyclic) bond motifs is 1. The van der Waals surface area contributed by atoms with E-state index in [0.717, 1.165) is 34.4 Å². The summed E-state index contributed by atoms with van der Waals surface area (Å²) in [5.41, 5.74) is 4.23. The van der Waals surface area contributed by atoms with Gasteiger partial charge in [0.05, 0.1) is 10.6 Å². The lowest BCUT2D eigenvalue weighted by atomic mass is 10.2. The van der Waals surface area contributed by atoms with E-state index in [1.165, 1.54) is 6.07 Å². The fraction of sp³-hybridized carbons (Fsp3) is 0.0455. The zero-order chi connectivity index (χ0) is 21.3. The number of halogens is 2. The van der Waals surface area contributed by atoms with Crippen LogP contribution in [0.25, 0.3) is 22.6 Å². The minimum Gasteiger partial charge on any atom is -0.436 e. The number of carbonyl (C=O) groups excluding carboxylic acids is 1. The van der Waals surface area contributed by atoms with Crippen LogP contribution in [0, 0.1) is 12.7 Å². The molecule has 150 valence electrons. The van der Waals surface area contributed by atoms with Crippen LogP contribution in [0.3, 0.4) is 0 Å². The number of hydrogen-bond acceptors (Lipinski definition) is 4. The molecule has 1 heterocycles. The molecular formula is C22H15ClFN3O2S. The molecule has 0 saturated carbocycles. The van der Waals surface area contributed by atoms with Gasteiger partial charge in [-0.3, -0.25) is 10.1 Å². The Morgan fingerprint density at radius 1 is 1.10 bits per heavy atom. The highest BCUT2D eigenvalue weighted by Gasteiger charge is 2.13. The molecule has 0 aliphatic rings. The van der Waals surface area contributed by atoms with E-state index < -0.39 is 11.7 Å². The first-order valence-corrected chi connectivity index (χ1v) is 9.73. The van der Waals surface area contributed by atoms with Gasteiger partial charge in [0.25, 0.3) is 5.91 Å². The van der Waals surface area contributed by atoms with Gasteiger partial charge in [-0.1, -0.05) is 17.7 Å². The van der Waals surface area contributed by atoms with E-state index in [1.807, 2.05) is 37.3 Å². The van der Waals surface area contributed by atoms with Crippen LogP contribution in [0.15, 0.2) is 65.1 Å². The minimum absolute atomic E-state index is 0.00758. The number of rotatable bonds is 3. The molecule has 0 unspecified atom stereocenters. The highest BCUT2D eigenvalue weighted by Crippen LogP contribution is 2.26. The Hall–Kier alpha value is -3.29. The van der Waals surface area contributed by atoms with Crippen LogP contribution in [0.4, 0.5) is 10.1 Å². The van der Waals surface area contributed by atoms with Crippen molar-refractivity contribution < 1.29 is 13.6 Å². The largest absolute Gasteiger partial charge is 0.436 e. The molecule has 5 nitrogen and oxygen atoms in total. The van der Waals surface area contributed by atoms with Crippen LogP contribution < -0.4 is 10.6 Å². The predicted octanol–water partition coefficient (Wildman–Crippen LogP) is 5.72. The smallest absolute Gasteiger partial charge is 0.258 e. The summed E-state index contributed by atoms with van der Waals surface area (Å²) in [4.78, 5) is 16.8. The normalized spacial score (nSPS) is 10.8. The van der Waals surface area contributed by atoms with Crippen molar-refractivity contribution in [2.75, 3.05) is 5.32 Å². The molecule has 1 aromatic heterocycles. The standard InChI is InChI=1S/C22H15ClFN3O2S/c1-12-2-9-18-19(10-12)29-21(26-18)13-3-6-15(7-4-13)25-22(30)27-20(28)16-8-5-14(24)11-17(16)23/h2-11H,1H3,(H2,25,27,28,30). The Balaban J connectivity index is 1.43. The van der Waals surface area contributed by atoms with Gasteiger partial charge >= 0.3 is 0 Å². The van der Waals surface area contributed by atoms with E-state index in [9.17, 15) is 9.18 Å². The molecule has 0 fully saturated rings. The maximum atomic E-state index is 13.1. The lowest BCUT2D eigenvalue weighted by molar-refractivity contribution is 0.0978. The van der Waals surface area contributed by atoms with Crippen molar-refractivity contribution in [3.8, 4) is 11.5 Å². The van der Waals surface area contributed by atoms with E-state index in [0.29, 0.717) is 11.6 Å². The van der Waals surface area contributed by atoms with Gasteiger partial charge in [-0.05, 0) is 79.3 Å². The number of nitrogens with one attached hydrogen (secondary N) is 2. The Morgan fingerprint density at radius 2 is 1.87 bits per heavy atom. The number of amides is 1. The summed E-state index contributed by atoms with van der Waals surface area (Å²) in [7, 11) is 0. The second kappa shape index (κ2) is 8.22. The van der Waals surface area contributed by atoms with E-state index in [1.54, 1.807) is 12.1 Å². The number of carbonyl (C=O) groups is 1. The molecule has 1 amide bonds. The maximum Gasteiger partial charge on any atom is 0.258 e. The molecule has 30 heavy (non-hydrogen) atoms. The van der Waals surface area contributed by atoms with Gasteiger partial charge < -0.3 is 9.73 Å². The Kier molecular flexibility index (Phi) is 5.48. The summed E-state index contributed by atoms with van der Waals surface area (Å²) in [5, 5.41) is 5.53. The molecule has 0 aliphatic carbocycles. The molecule has 0 spiro atoms. The van der Waals surface area contributed by atoms with Crippen LogP contribution in [-0.2, 0) is 0 Å². The lowest BCUT2D eigenvalue weighted by Gasteiger charge is -2.10. The van der Waals surface area contributed by atoms with Gasteiger partial charge in [-0.15, -0.1) is 0 Å². The number of oxazole rings is 1.